The van der Waals surface area contributed by atoms with Gasteiger partial charge < -0.3 is 4.74 Å². The number of rotatable bonds is 4. The number of nitrogens with one attached hydrogen (secondary N) is 2. The maximum absolute atomic E-state index is 13.4. The standard InChI is InChI=1S/C17H16F2N2O3/c1-10-3-4-12(9-15(10)19)17(23)21-20-16(22)11(2)24-14-7-5-13(18)6-8-14/h3-9,11H,1-2H3,(H,20,22)(H,21,23)/t11-/m0/s1. The molecule has 2 amide bonds. The number of carbonyl (C=O) groups is 2. The van der Waals surface area contributed by atoms with E-state index in [9.17, 15) is 18.4 Å². The first kappa shape index (κ1) is 17.4. The molecule has 0 aliphatic heterocycles. The SMILES string of the molecule is Cc1ccc(C(=O)NNC(=O)[C@H](C)Oc2ccc(F)cc2)cc1F. The lowest BCUT2D eigenvalue weighted by molar-refractivity contribution is -0.128. The zero-order valence-corrected chi connectivity index (χ0v) is 13.1. The summed E-state index contributed by atoms with van der Waals surface area (Å²) in [4.78, 5) is 23.7. The third-order valence-electron chi connectivity index (χ3n) is 3.23. The Morgan fingerprint density at radius 1 is 1.04 bits per heavy atom. The summed E-state index contributed by atoms with van der Waals surface area (Å²) >= 11 is 0. The zero-order valence-electron chi connectivity index (χ0n) is 13.1. The summed E-state index contributed by atoms with van der Waals surface area (Å²) < 4.78 is 31.5. The highest BCUT2D eigenvalue weighted by Gasteiger charge is 2.16. The molecule has 0 saturated heterocycles. The summed E-state index contributed by atoms with van der Waals surface area (Å²) in [7, 11) is 0. The predicted octanol–water partition coefficient (Wildman–Crippen LogP) is 2.50. The number of hydrogen-bond donors (Lipinski definition) is 2. The van der Waals surface area contributed by atoms with Crippen LogP contribution in [0.3, 0.4) is 0 Å². The number of benzene rings is 2. The molecule has 2 rings (SSSR count). The highest BCUT2D eigenvalue weighted by molar-refractivity contribution is 5.95. The summed E-state index contributed by atoms with van der Waals surface area (Å²) in [5, 5.41) is 0. The molecule has 24 heavy (non-hydrogen) atoms. The van der Waals surface area contributed by atoms with Gasteiger partial charge in [0.25, 0.3) is 11.8 Å². The third kappa shape index (κ3) is 4.52. The minimum atomic E-state index is -0.925. The van der Waals surface area contributed by atoms with Crippen molar-refractivity contribution in [2.24, 2.45) is 0 Å². The summed E-state index contributed by atoms with van der Waals surface area (Å²) in [6.45, 7) is 3.05. The molecule has 0 spiro atoms. The lowest BCUT2D eigenvalue weighted by Gasteiger charge is -2.15. The summed E-state index contributed by atoms with van der Waals surface area (Å²) in [6.07, 6.45) is -0.925. The van der Waals surface area contributed by atoms with Crippen LogP contribution in [0, 0.1) is 18.6 Å². The van der Waals surface area contributed by atoms with Crippen LogP contribution in [0.5, 0.6) is 5.75 Å². The van der Waals surface area contributed by atoms with Crippen molar-refractivity contribution in [2.75, 3.05) is 0 Å². The average Bonchev–Trinajstić information content (AvgIpc) is 2.56. The van der Waals surface area contributed by atoms with Gasteiger partial charge in [-0.15, -0.1) is 0 Å². The van der Waals surface area contributed by atoms with E-state index in [0.29, 0.717) is 11.3 Å². The molecule has 2 N–H and O–H groups in total. The molecule has 0 bridgehead atoms. The Labute approximate surface area is 137 Å². The van der Waals surface area contributed by atoms with E-state index in [1.54, 1.807) is 6.92 Å². The van der Waals surface area contributed by atoms with E-state index in [-0.39, 0.29) is 5.56 Å². The van der Waals surface area contributed by atoms with E-state index < -0.39 is 29.6 Å². The van der Waals surface area contributed by atoms with Gasteiger partial charge in [0.05, 0.1) is 0 Å². The van der Waals surface area contributed by atoms with Crippen LogP contribution in [0.4, 0.5) is 8.78 Å². The van der Waals surface area contributed by atoms with Crippen molar-refractivity contribution in [3.63, 3.8) is 0 Å². The fourth-order valence-corrected chi connectivity index (χ4v) is 1.80. The van der Waals surface area contributed by atoms with Crippen LogP contribution in [-0.4, -0.2) is 17.9 Å². The number of halogens is 2. The fraction of sp³-hybridized carbons (Fsp3) is 0.176. The Kier molecular flexibility index (Phi) is 5.47. The molecule has 0 unspecified atom stereocenters. The van der Waals surface area contributed by atoms with Gasteiger partial charge in [-0.2, -0.15) is 0 Å². The molecule has 0 aromatic heterocycles. The van der Waals surface area contributed by atoms with Gasteiger partial charge in [-0.25, -0.2) is 8.78 Å². The number of amides is 2. The lowest BCUT2D eigenvalue weighted by Crippen LogP contribution is -2.47. The monoisotopic (exact) mass is 334 g/mol. The van der Waals surface area contributed by atoms with Crippen molar-refractivity contribution in [2.45, 2.75) is 20.0 Å². The molecule has 0 radical (unpaired) electrons. The van der Waals surface area contributed by atoms with Gasteiger partial charge in [-0.05, 0) is 55.8 Å². The van der Waals surface area contributed by atoms with Crippen LogP contribution in [0.15, 0.2) is 42.5 Å². The van der Waals surface area contributed by atoms with Crippen molar-refractivity contribution in [3.8, 4) is 5.75 Å². The van der Waals surface area contributed by atoms with Crippen LogP contribution >= 0.6 is 0 Å². The Balaban J connectivity index is 1.88. The number of ether oxygens (including phenoxy) is 1. The zero-order chi connectivity index (χ0) is 17.7. The first-order valence-corrected chi connectivity index (χ1v) is 7.15. The molecular formula is C17H16F2N2O3. The molecule has 126 valence electrons. The molecule has 5 nitrogen and oxygen atoms in total. The molecule has 0 fully saturated rings. The van der Waals surface area contributed by atoms with Gasteiger partial charge in [0, 0.05) is 5.56 Å². The number of aryl methyl sites for hydroxylation is 1. The Morgan fingerprint density at radius 3 is 2.33 bits per heavy atom. The van der Waals surface area contributed by atoms with Crippen LogP contribution in [0.2, 0.25) is 0 Å². The Morgan fingerprint density at radius 2 is 1.71 bits per heavy atom. The minimum absolute atomic E-state index is 0.0745. The van der Waals surface area contributed by atoms with Gasteiger partial charge in [0.2, 0.25) is 0 Å². The largest absolute Gasteiger partial charge is 0.481 e. The minimum Gasteiger partial charge on any atom is -0.481 e. The van der Waals surface area contributed by atoms with E-state index in [2.05, 4.69) is 10.9 Å². The number of carbonyl (C=O) groups excluding carboxylic acids is 2. The van der Waals surface area contributed by atoms with Crippen molar-refractivity contribution in [1.82, 2.24) is 10.9 Å². The maximum atomic E-state index is 13.4. The van der Waals surface area contributed by atoms with Crippen molar-refractivity contribution >= 4 is 11.8 Å². The predicted molar refractivity (Wildman–Crippen MR) is 83.2 cm³/mol. The van der Waals surface area contributed by atoms with Gasteiger partial charge in [-0.3, -0.25) is 20.4 Å². The topological polar surface area (TPSA) is 67.4 Å². The molecule has 2 aromatic rings. The smallest absolute Gasteiger partial charge is 0.279 e. The highest BCUT2D eigenvalue weighted by atomic mass is 19.1. The van der Waals surface area contributed by atoms with E-state index in [1.807, 2.05) is 0 Å². The van der Waals surface area contributed by atoms with Crippen molar-refractivity contribution in [1.29, 1.82) is 0 Å². The third-order valence-corrected chi connectivity index (χ3v) is 3.23. The maximum Gasteiger partial charge on any atom is 0.279 e. The normalized spacial score (nSPS) is 11.5. The molecule has 0 heterocycles. The molecule has 0 aliphatic rings. The molecule has 7 heteroatoms. The van der Waals surface area contributed by atoms with Crippen LogP contribution < -0.4 is 15.6 Å². The van der Waals surface area contributed by atoms with Crippen molar-refractivity contribution in [3.05, 3.63) is 65.2 Å². The fourth-order valence-electron chi connectivity index (χ4n) is 1.80. The number of hydrogen-bond acceptors (Lipinski definition) is 3. The summed E-state index contributed by atoms with van der Waals surface area (Å²) in [6, 6.07) is 9.15. The van der Waals surface area contributed by atoms with E-state index in [0.717, 1.165) is 6.07 Å². The van der Waals surface area contributed by atoms with E-state index in [4.69, 9.17) is 4.74 Å². The first-order chi connectivity index (χ1) is 11.4. The van der Waals surface area contributed by atoms with E-state index >= 15 is 0 Å². The van der Waals surface area contributed by atoms with Crippen LogP contribution in [0.25, 0.3) is 0 Å². The average molecular weight is 334 g/mol. The van der Waals surface area contributed by atoms with Crippen LogP contribution in [-0.2, 0) is 4.79 Å². The summed E-state index contributed by atoms with van der Waals surface area (Å²) in [5.41, 5.74) is 4.85. The van der Waals surface area contributed by atoms with Crippen molar-refractivity contribution < 1.29 is 23.1 Å². The van der Waals surface area contributed by atoms with Gasteiger partial charge in [0.1, 0.15) is 17.4 Å². The summed E-state index contributed by atoms with van der Waals surface area (Å²) in [5.74, 6) is -1.89. The second-order valence-electron chi connectivity index (χ2n) is 5.12. The second kappa shape index (κ2) is 7.54. The first-order valence-electron chi connectivity index (χ1n) is 7.15. The quantitative estimate of drug-likeness (QED) is 0.844. The van der Waals surface area contributed by atoms with Gasteiger partial charge >= 0.3 is 0 Å². The highest BCUT2D eigenvalue weighted by Crippen LogP contribution is 2.13. The van der Waals surface area contributed by atoms with Crippen LogP contribution in [0.1, 0.15) is 22.8 Å². The molecule has 0 aliphatic carbocycles. The second-order valence-corrected chi connectivity index (χ2v) is 5.12. The Hall–Kier alpha value is -2.96. The van der Waals surface area contributed by atoms with E-state index in [1.165, 1.54) is 43.3 Å². The van der Waals surface area contributed by atoms with Gasteiger partial charge in [0.15, 0.2) is 6.10 Å². The molecule has 1 atom stereocenters. The lowest BCUT2D eigenvalue weighted by atomic mass is 10.1. The molecular weight excluding hydrogens is 318 g/mol. The molecule has 2 aromatic carbocycles. The van der Waals surface area contributed by atoms with Gasteiger partial charge in [-0.1, -0.05) is 6.07 Å². The Bertz CT molecular complexity index is 748. The number of hydrazine groups is 1. The molecule has 0 saturated carbocycles.